The molecule has 1 aliphatic carbocycles. The molecule has 1 aliphatic rings. The first-order chi connectivity index (χ1) is 30.5. The number of anilines is 3. The molecule has 0 unspecified atom stereocenters. The Morgan fingerprint density at radius 2 is 0.823 bits per heavy atom. The van der Waals surface area contributed by atoms with Crippen LogP contribution < -0.4 is 4.90 Å². The molecule has 0 fully saturated rings. The Balaban J connectivity index is 1.16. The van der Waals surface area contributed by atoms with Gasteiger partial charge >= 0.3 is 0 Å². The lowest BCUT2D eigenvalue weighted by atomic mass is 9.82. The van der Waals surface area contributed by atoms with Crippen LogP contribution >= 0.6 is 0 Å². The van der Waals surface area contributed by atoms with Crippen molar-refractivity contribution in [2.45, 2.75) is 19.3 Å². The normalized spacial score (nSPS) is 12.5. The highest BCUT2D eigenvalue weighted by Crippen LogP contribution is 2.52. The number of para-hydroxylation sites is 1. The predicted molar refractivity (Wildman–Crippen MR) is 263 cm³/mol. The van der Waals surface area contributed by atoms with Crippen molar-refractivity contribution in [3.05, 3.63) is 248 Å². The standard InChI is InChI=1S/C61H45N/c1-61(2)57-33-15-13-28-52(57)53-38-37-49(41-58(53)61)62(48-26-17-25-46(40-48)47-36-35-42-19-9-10-24-45(42)39-47)59-34-16-14-29-54(59)56-32-18-31-51(44-22-7-4-8-23-44)60(56)55-30-12-11-27-50(55)43-20-5-3-6-21-43/h3-41H,1-2H3. The molecule has 0 heterocycles. The molecule has 0 aromatic heterocycles. The summed E-state index contributed by atoms with van der Waals surface area (Å²) >= 11 is 0. The molecule has 0 bridgehead atoms. The maximum absolute atomic E-state index is 2.49. The van der Waals surface area contributed by atoms with Crippen molar-refractivity contribution < 1.29 is 0 Å². The lowest BCUT2D eigenvalue weighted by molar-refractivity contribution is 0.660. The highest BCUT2D eigenvalue weighted by molar-refractivity contribution is 6.03. The molecule has 10 aromatic rings. The third kappa shape index (κ3) is 6.42. The molecular formula is C61H45N. The van der Waals surface area contributed by atoms with Crippen molar-refractivity contribution in [2.75, 3.05) is 4.90 Å². The fourth-order valence-corrected chi connectivity index (χ4v) is 9.84. The molecule has 1 nitrogen and oxygen atoms in total. The summed E-state index contributed by atoms with van der Waals surface area (Å²) in [6.07, 6.45) is 0. The molecule has 0 aliphatic heterocycles. The molecule has 1 heteroatoms. The minimum absolute atomic E-state index is 0.154. The van der Waals surface area contributed by atoms with Gasteiger partial charge in [0.2, 0.25) is 0 Å². The first-order valence-corrected chi connectivity index (χ1v) is 21.6. The molecule has 0 saturated carbocycles. The number of hydrogen-bond donors (Lipinski definition) is 0. The van der Waals surface area contributed by atoms with Crippen LogP contribution in [0.15, 0.2) is 237 Å². The van der Waals surface area contributed by atoms with E-state index in [0.717, 1.165) is 22.6 Å². The molecule has 0 atom stereocenters. The van der Waals surface area contributed by atoms with Crippen LogP contribution in [0.5, 0.6) is 0 Å². The zero-order valence-corrected chi connectivity index (χ0v) is 35.0. The van der Waals surface area contributed by atoms with Gasteiger partial charge in [0.05, 0.1) is 5.69 Å². The van der Waals surface area contributed by atoms with E-state index >= 15 is 0 Å². The van der Waals surface area contributed by atoms with Gasteiger partial charge in [-0.15, -0.1) is 0 Å². The Kier molecular flexibility index (Phi) is 9.24. The first kappa shape index (κ1) is 37.3. The minimum Gasteiger partial charge on any atom is -0.310 e. The summed E-state index contributed by atoms with van der Waals surface area (Å²) in [5.41, 5.74) is 20.4. The molecule has 11 rings (SSSR count). The zero-order chi connectivity index (χ0) is 41.6. The number of rotatable bonds is 8. The Morgan fingerprint density at radius 3 is 1.61 bits per heavy atom. The Bertz CT molecular complexity index is 3270. The fourth-order valence-electron chi connectivity index (χ4n) is 9.84. The van der Waals surface area contributed by atoms with Gasteiger partial charge in [0.25, 0.3) is 0 Å². The second-order valence-corrected chi connectivity index (χ2v) is 16.9. The molecule has 294 valence electrons. The summed E-state index contributed by atoms with van der Waals surface area (Å²) < 4.78 is 0. The smallest absolute Gasteiger partial charge is 0.0540 e. The van der Waals surface area contributed by atoms with Crippen LogP contribution in [0.1, 0.15) is 25.0 Å². The summed E-state index contributed by atoms with van der Waals surface area (Å²) in [6.45, 7) is 4.73. The Morgan fingerprint density at radius 1 is 0.290 bits per heavy atom. The van der Waals surface area contributed by atoms with E-state index in [9.17, 15) is 0 Å². The quantitative estimate of drug-likeness (QED) is 0.148. The second kappa shape index (κ2) is 15.4. The maximum Gasteiger partial charge on any atom is 0.0540 e. The second-order valence-electron chi connectivity index (χ2n) is 16.9. The topological polar surface area (TPSA) is 3.24 Å². The number of fused-ring (bicyclic) bond motifs is 4. The maximum atomic E-state index is 2.49. The van der Waals surface area contributed by atoms with Gasteiger partial charge in [-0.25, -0.2) is 0 Å². The number of hydrogen-bond acceptors (Lipinski definition) is 1. The molecule has 62 heavy (non-hydrogen) atoms. The van der Waals surface area contributed by atoms with Crippen LogP contribution in [0, 0.1) is 0 Å². The summed E-state index contributed by atoms with van der Waals surface area (Å²) in [6, 6.07) is 86.8. The van der Waals surface area contributed by atoms with Crippen molar-refractivity contribution >= 4 is 27.8 Å². The van der Waals surface area contributed by atoms with Gasteiger partial charge in [0.1, 0.15) is 0 Å². The van der Waals surface area contributed by atoms with Crippen molar-refractivity contribution in [3.63, 3.8) is 0 Å². The summed E-state index contributed by atoms with van der Waals surface area (Å²) in [5.74, 6) is 0. The van der Waals surface area contributed by atoms with Crippen LogP contribution in [-0.2, 0) is 5.41 Å². The van der Waals surface area contributed by atoms with Gasteiger partial charge in [-0.05, 0) is 119 Å². The van der Waals surface area contributed by atoms with Crippen LogP contribution in [0.25, 0.3) is 77.5 Å². The highest BCUT2D eigenvalue weighted by atomic mass is 15.1. The van der Waals surface area contributed by atoms with E-state index in [1.807, 2.05) is 0 Å². The lowest BCUT2D eigenvalue weighted by Gasteiger charge is -2.31. The first-order valence-electron chi connectivity index (χ1n) is 21.6. The van der Waals surface area contributed by atoms with Crippen molar-refractivity contribution in [1.29, 1.82) is 0 Å². The van der Waals surface area contributed by atoms with Crippen LogP contribution in [0.4, 0.5) is 17.1 Å². The molecule has 0 amide bonds. The third-order valence-corrected chi connectivity index (χ3v) is 12.9. The summed E-state index contributed by atoms with van der Waals surface area (Å²) in [5, 5.41) is 2.48. The van der Waals surface area contributed by atoms with E-state index in [1.165, 1.54) is 83.1 Å². The van der Waals surface area contributed by atoms with E-state index in [1.54, 1.807) is 0 Å². The van der Waals surface area contributed by atoms with Gasteiger partial charge < -0.3 is 4.90 Å². The largest absolute Gasteiger partial charge is 0.310 e. The van der Waals surface area contributed by atoms with Crippen molar-refractivity contribution in [3.8, 4) is 66.8 Å². The highest BCUT2D eigenvalue weighted by Gasteiger charge is 2.36. The van der Waals surface area contributed by atoms with Crippen LogP contribution in [0.2, 0.25) is 0 Å². The minimum atomic E-state index is -0.154. The molecule has 10 aromatic carbocycles. The predicted octanol–water partition coefficient (Wildman–Crippen LogP) is 17.0. The van der Waals surface area contributed by atoms with Crippen LogP contribution in [0.3, 0.4) is 0 Å². The number of benzene rings is 10. The molecule has 0 spiro atoms. The summed E-state index contributed by atoms with van der Waals surface area (Å²) in [7, 11) is 0. The Labute approximate surface area is 364 Å². The van der Waals surface area contributed by atoms with Gasteiger partial charge in [0.15, 0.2) is 0 Å². The van der Waals surface area contributed by atoms with E-state index in [0.29, 0.717) is 0 Å². The molecule has 0 saturated heterocycles. The lowest BCUT2D eigenvalue weighted by Crippen LogP contribution is -2.17. The number of nitrogens with zero attached hydrogens (tertiary/aromatic N) is 1. The average molecular weight is 792 g/mol. The van der Waals surface area contributed by atoms with Gasteiger partial charge in [-0.1, -0.05) is 214 Å². The fraction of sp³-hybridized carbons (Fsp3) is 0.0492. The van der Waals surface area contributed by atoms with Crippen molar-refractivity contribution in [1.82, 2.24) is 0 Å². The van der Waals surface area contributed by atoms with E-state index in [-0.39, 0.29) is 5.41 Å². The van der Waals surface area contributed by atoms with Gasteiger partial charge in [-0.3, -0.25) is 0 Å². The third-order valence-electron chi connectivity index (χ3n) is 12.9. The van der Waals surface area contributed by atoms with Crippen LogP contribution in [-0.4, -0.2) is 0 Å². The van der Waals surface area contributed by atoms with Gasteiger partial charge in [0, 0.05) is 22.4 Å². The van der Waals surface area contributed by atoms with E-state index < -0.39 is 0 Å². The van der Waals surface area contributed by atoms with E-state index in [4.69, 9.17) is 0 Å². The van der Waals surface area contributed by atoms with E-state index in [2.05, 4.69) is 255 Å². The molecule has 0 N–H and O–H groups in total. The average Bonchev–Trinajstić information content (AvgIpc) is 3.57. The SMILES string of the molecule is CC1(C)c2ccccc2-c2ccc(N(c3cccc(-c4ccc5ccccc5c4)c3)c3ccccc3-c3cccc(-c4ccccc4)c3-c3ccccc3-c3ccccc3)cc21. The monoisotopic (exact) mass is 791 g/mol. The molecular weight excluding hydrogens is 747 g/mol. The summed E-state index contributed by atoms with van der Waals surface area (Å²) in [4.78, 5) is 2.49. The van der Waals surface area contributed by atoms with Gasteiger partial charge in [-0.2, -0.15) is 0 Å². The Hall–Kier alpha value is -7.74. The molecule has 0 radical (unpaired) electrons. The van der Waals surface area contributed by atoms with Crippen molar-refractivity contribution in [2.24, 2.45) is 0 Å². The zero-order valence-electron chi connectivity index (χ0n) is 35.0.